The van der Waals surface area contributed by atoms with Crippen molar-refractivity contribution >= 4 is 34.8 Å². The van der Waals surface area contributed by atoms with Gasteiger partial charge in [0.15, 0.2) is 0 Å². The molecular formula is C19H17ClN4O2. The number of hydrogen-bond acceptors (Lipinski definition) is 5. The van der Waals surface area contributed by atoms with Gasteiger partial charge in [-0.15, -0.1) is 0 Å². The molecule has 3 aromatic rings. The zero-order valence-corrected chi connectivity index (χ0v) is 15.0. The van der Waals surface area contributed by atoms with Gasteiger partial charge in [0.2, 0.25) is 5.95 Å². The first kappa shape index (κ1) is 17.7. The second kappa shape index (κ2) is 7.84. The molecule has 7 heteroatoms. The van der Waals surface area contributed by atoms with Crippen molar-refractivity contribution in [3.05, 3.63) is 71.0 Å². The van der Waals surface area contributed by atoms with Crippen LogP contribution in [0.25, 0.3) is 0 Å². The first-order valence-corrected chi connectivity index (χ1v) is 8.26. The van der Waals surface area contributed by atoms with E-state index in [1.165, 1.54) is 6.20 Å². The molecule has 0 fully saturated rings. The highest BCUT2D eigenvalue weighted by molar-refractivity contribution is 6.31. The maximum absolute atomic E-state index is 12.5. The molecule has 3 rings (SSSR count). The Hall–Kier alpha value is -3.12. The second-order valence-corrected chi connectivity index (χ2v) is 5.86. The summed E-state index contributed by atoms with van der Waals surface area (Å²) in [4.78, 5) is 20.9. The van der Waals surface area contributed by atoms with E-state index in [-0.39, 0.29) is 11.6 Å². The highest BCUT2D eigenvalue weighted by Crippen LogP contribution is 2.25. The number of ether oxygens (including phenoxy) is 1. The van der Waals surface area contributed by atoms with Crippen LogP contribution in [0.15, 0.2) is 54.7 Å². The summed E-state index contributed by atoms with van der Waals surface area (Å²) in [5.41, 5.74) is 2.45. The number of amides is 1. The largest absolute Gasteiger partial charge is 0.495 e. The van der Waals surface area contributed by atoms with E-state index in [0.29, 0.717) is 22.4 Å². The van der Waals surface area contributed by atoms with E-state index in [1.54, 1.807) is 31.4 Å². The van der Waals surface area contributed by atoms with Gasteiger partial charge in [-0.3, -0.25) is 4.79 Å². The second-order valence-electron chi connectivity index (χ2n) is 5.46. The van der Waals surface area contributed by atoms with Crippen LogP contribution in [0.1, 0.15) is 16.1 Å². The van der Waals surface area contributed by atoms with Gasteiger partial charge in [-0.2, -0.15) is 0 Å². The van der Waals surface area contributed by atoms with Crippen LogP contribution in [0.2, 0.25) is 5.02 Å². The van der Waals surface area contributed by atoms with Crippen LogP contribution in [0.3, 0.4) is 0 Å². The highest BCUT2D eigenvalue weighted by atomic mass is 35.5. The summed E-state index contributed by atoms with van der Waals surface area (Å²) in [5.74, 6) is 0.522. The van der Waals surface area contributed by atoms with E-state index in [9.17, 15) is 4.79 Å². The van der Waals surface area contributed by atoms with Crippen molar-refractivity contribution in [2.75, 3.05) is 17.7 Å². The van der Waals surface area contributed by atoms with Gasteiger partial charge in [0, 0.05) is 16.9 Å². The molecular weight excluding hydrogens is 352 g/mol. The monoisotopic (exact) mass is 368 g/mol. The molecule has 0 saturated heterocycles. The number of carbonyl (C=O) groups is 1. The van der Waals surface area contributed by atoms with E-state index in [1.807, 2.05) is 31.2 Å². The first-order valence-electron chi connectivity index (χ1n) is 7.88. The Morgan fingerprint density at radius 1 is 1.08 bits per heavy atom. The normalized spacial score (nSPS) is 10.3. The Labute approximate surface area is 156 Å². The Bertz CT molecular complexity index is 946. The van der Waals surface area contributed by atoms with Crippen LogP contribution in [-0.4, -0.2) is 23.0 Å². The van der Waals surface area contributed by atoms with Gasteiger partial charge in [-0.25, -0.2) is 9.97 Å². The molecule has 0 aliphatic carbocycles. The van der Waals surface area contributed by atoms with Gasteiger partial charge >= 0.3 is 0 Å². The minimum atomic E-state index is -0.359. The van der Waals surface area contributed by atoms with Gasteiger partial charge in [-0.05, 0) is 42.8 Å². The number of hydrogen-bond donors (Lipinski definition) is 2. The fraction of sp³-hybridized carbons (Fsp3) is 0.105. The molecule has 0 radical (unpaired) electrons. The summed E-state index contributed by atoms with van der Waals surface area (Å²) < 4.78 is 5.24. The number of aromatic nitrogens is 2. The molecule has 0 saturated carbocycles. The number of halogens is 1. The van der Waals surface area contributed by atoms with E-state index in [0.717, 1.165) is 11.3 Å². The lowest BCUT2D eigenvalue weighted by molar-refractivity contribution is 0.102. The van der Waals surface area contributed by atoms with Crippen LogP contribution in [-0.2, 0) is 0 Å². The quantitative estimate of drug-likeness (QED) is 0.696. The van der Waals surface area contributed by atoms with Gasteiger partial charge in [0.25, 0.3) is 5.91 Å². The number of nitrogens with one attached hydrogen (secondary N) is 2. The Morgan fingerprint density at radius 3 is 2.65 bits per heavy atom. The molecule has 2 N–H and O–H groups in total. The molecule has 0 aliphatic rings. The number of methoxy groups -OCH3 is 1. The van der Waals surface area contributed by atoms with Gasteiger partial charge in [-0.1, -0.05) is 29.8 Å². The van der Waals surface area contributed by atoms with E-state index < -0.39 is 0 Å². The van der Waals surface area contributed by atoms with Crippen molar-refractivity contribution in [3.63, 3.8) is 0 Å². The average molecular weight is 369 g/mol. The number of para-hydroxylation sites is 2. The predicted octanol–water partition coefficient (Wildman–Crippen LogP) is 4.44. The lowest BCUT2D eigenvalue weighted by atomic mass is 10.2. The molecule has 0 unspecified atom stereocenters. The molecule has 1 aromatic heterocycles. The van der Waals surface area contributed by atoms with Crippen LogP contribution in [0, 0.1) is 6.92 Å². The molecule has 132 valence electrons. The molecule has 0 aliphatic heterocycles. The summed E-state index contributed by atoms with van der Waals surface area (Å²) in [6.07, 6.45) is 1.52. The van der Waals surface area contributed by atoms with Crippen LogP contribution in [0.4, 0.5) is 17.3 Å². The molecule has 1 heterocycles. The number of rotatable bonds is 5. The zero-order valence-electron chi connectivity index (χ0n) is 14.3. The van der Waals surface area contributed by atoms with Gasteiger partial charge in [0.1, 0.15) is 11.4 Å². The summed E-state index contributed by atoms with van der Waals surface area (Å²) >= 11 is 6.12. The predicted molar refractivity (Wildman–Crippen MR) is 102 cm³/mol. The maximum atomic E-state index is 12.5. The fourth-order valence-electron chi connectivity index (χ4n) is 2.34. The van der Waals surface area contributed by atoms with Gasteiger partial charge in [0.05, 0.1) is 12.8 Å². The van der Waals surface area contributed by atoms with Crippen LogP contribution >= 0.6 is 11.6 Å². The van der Waals surface area contributed by atoms with Crippen molar-refractivity contribution in [1.29, 1.82) is 0 Å². The van der Waals surface area contributed by atoms with Crippen molar-refractivity contribution in [2.45, 2.75) is 6.92 Å². The molecule has 6 nitrogen and oxygen atoms in total. The Kier molecular flexibility index (Phi) is 5.34. The molecule has 2 aromatic carbocycles. The van der Waals surface area contributed by atoms with Crippen molar-refractivity contribution in [1.82, 2.24) is 9.97 Å². The number of anilines is 3. The van der Waals surface area contributed by atoms with E-state index >= 15 is 0 Å². The Balaban J connectivity index is 1.80. The molecule has 1 amide bonds. The third-order valence-corrected chi connectivity index (χ3v) is 4.17. The lowest BCUT2D eigenvalue weighted by Gasteiger charge is -2.11. The lowest BCUT2D eigenvalue weighted by Crippen LogP contribution is -2.15. The summed E-state index contributed by atoms with van der Waals surface area (Å²) in [6, 6.07) is 14.2. The molecule has 26 heavy (non-hydrogen) atoms. The number of nitrogens with zero attached hydrogens (tertiary/aromatic N) is 2. The van der Waals surface area contributed by atoms with Crippen LogP contribution in [0.5, 0.6) is 5.75 Å². The maximum Gasteiger partial charge on any atom is 0.274 e. The standard InChI is InChI=1S/C19H17ClN4O2/c1-12-13(20)6-5-8-14(12)23-19-21-11-10-16(24-19)18(25)22-15-7-3-4-9-17(15)26-2/h3-11H,1-2H3,(H,22,25)(H,21,23,24). The van der Waals surface area contributed by atoms with Crippen LogP contribution < -0.4 is 15.4 Å². The molecule has 0 bridgehead atoms. The van der Waals surface area contributed by atoms with Gasteiger partial charge < -0.3 is 15.4 Å². The highest BCUT2D eigenvalue weighted by Gasteiger charge is 2.12. The summed E-state index contributed by atoms with van der Waals surface area (Å²) in [6.45, 7) is 1.89. The van der Waals surface area contributed by atoms with E-state index in [2.05, 4.69) is 20.6 Å². The average Bonchev–Trinajstić information content (AvgIpc) is 2.66. The smallest absolute Gasteiger partial charge is 0.274 e. The SMILES string of the molecule is COc1ccccc1NC(=O)c1ccnc(Nc2cccc(Cl)c2C)n1. The van der Waals surface area contributed by atoms with Crippen molar-refractivity contribution < 1.29 is 9.53 Å². The zero-order chi connectivity index (χ0) is 18.5. The molecule has 0 atom stereocenters. The van der Waals surface area contributed by atoms with Crippen molar-refractivity contribution in [3.8, 4) is 5.75 Å². The first-order chi connectivity index (χ1) is 12.6. The van der Waals surface area contributed by atoms with E-state index in [4.69, 9.17) is 16.3 Å². The topological polar surface area (TPSA) is 76.1 Å². The third kappa shape index (κ3) is 3.92. The Morgan fingerprint density at radius 2 is 1.85 bits per heavy atom. The minimum absolute atomic E-state index is 0.230. The summed E-state index contributed by atoms with van der Waals surface area (Å²) in [7, 11) is 1.55. The molecule has 0 spiro atoms. The number of benzene rings is 2. The minimum Gasteiger partial charge on any atom is -0.495 e. The van der Waals surface area contributed by atoms with Crippen molar-refractivity contribution in [2.24, 2.45) is 0 Å². The third-order valence-electron chi connectivity index (χ3n) is 3.76. The summed E-state index contributed by atoms with van der Waals surface area (Å²) in [5, 5.41) is 6.51. The fourth-order valence-corrected chi connectivity index (χ4v) is 2.52. The number of carbonyl (C=O) groups excluding carboxylic acids is 1.